The van der Waals surface area contributed by atoms with Crippen molar-refractivity contribution in [2.24, 2.45) is 0 Å². The van der Waals surface area contributed by atoms with Gasteiger partial charge in [-0.1, -0.05) is 0 Å². The largest absolute Gasteiger partial charge is 0.383 e. The van der Waals surface area contributed by atoms with E-state index in [1.54, 1.807) is 0 Å². The summed E-state index contributed by atoms with van der Waals surface area (Å²) in [4.78, 5) is 11.5. The first-order valence-corrected chi connectivity index (χ1v) is 5.02. The monoisotopic (exact) mass is 269 g/mol. The maximum Gasteiger partial charge on any atom is 0.383 e. The van der Waals surface area contributed by atoms with E-state index >= 15 is 0 Å². The molecule has 0 fully saturated rings. The number of hydrogen-bond donors (Lipinski definition) is 0. The van der Waals surface area contributed by atoms with Crippen molar-refractivity contribution in [2.45, 2.75) is 12.3 Å². The van der Waals surface area contributed by atoms with E-state index in [1.165, 1.54) is 0 Å². The van der Waals surface area contributed by atoms with Gasteiger partial charge >= 0.3 is 12.3 Å². The molecule has 0 aromatic rings. The van der Waals surface area contributed by atoms with Crippen LogP contribution in [-0.4, -0.2) is 48.0 Å². The minimum absolute atomic E-state index is 0.123. The number of amides is 1. The molecule has 0 bridgehead atoms. The fourth-order valence-corrected chi connectivity index (χ4v) is 1.23. The second kappa shape index (κ2) is 6.37. The van der Waals surface area contributed by atoms with Crippen molar-refractivity contribution < 1.29 is 22.4 Å². The summed E-state index contributed by atoms with van der Waals surface area (Å²) in [7, 11) is 0. The van der Waals surface area contributed by atoms with E-state index in [2.05, 4.69) is 0 Å². The van der Waals surface area contributed by atoms with Gasteiger partial charge in [0, 0.05) is 24.8 Å². The third-order valence-corrected chi connectivity index (χ3v) is 1.89. The van der Waals surface area contributed by atoms with Crippen LogP contribution in [0.4, 0.5) is 17.6 Å². The molecule has 0 saturated heterocycles. The molecule has 0 saturated carbocycles. The number of hydrogen-bond acceptors (Lipinski definition) is 1. The molecule has 0 aromatic heterocycles. The van der Waals surface area contributed by atoms with Crippen molar-refractivity contribution in [3.63, 3.8) is 0 Å². The van der Waals surface area contributed by atoms with E-state index in [0.717, 1.165) is 0 Å². The zero-order valence-electron chi connectivity index (χ0n) is 7.53. The Morgan fingerprint density at radius 2 is 1.60 bits per heavy atom. The van der Waals surface area contributed by atoms with E-state index in [9.17, 15) is 22.4 Å². The van der Waals surface area contributed by atoms with Crippen LogP contribution in [0.2, 0.25) is 0 Å². The zero-order chi connectivity index (χ0) is 12.1. The van der Waals surface area contributed by atoms with Gasteiger partial charge < -0.3 is 4.90 Å². The van der Waals surface area contributed by atoms with Crippen LogP contribution in [0.3, 0.4) is 0 Å². The second-order valence-corrected chi connectivity index (χ2v) is 3.35. The molecule has 0 aliphatic carbocycles. The Labute approximate surface area is 94.1 Å². The van der Waals surface area contributed by atoms with E-state index in [1.807, 2.05) is 0 Å². The van der Waals surface area contributed by atoms with Gasteiger partial charge in [-0.15, -0.1) is 23.2 Å². The first-order valence-electron chi connectivity index (χ1n) is 3.95. The molecule has 0 aliphatic heterocycles. The van der Waals surface area contributed by atoms with E-state index in [4.69, 9.17) is 23.2 Å². The summed E-state index contributed by atoms with van der Waals surface area (Å²) < 4.78 is 48.9. The SMILES string of the molecule is O=C(N(CCCl)CCCl)C(F)(F)C(F)F. The maximum atomic E-state index is 12.6. The lowest BCUT2D eigenvalue weighted by Crippen LogP contribution is -2.49. The number of nitrogens with zero attached hydrogens (tertiary/aromatic N) is 1. The van der Waals surface area contributed by atoms with Gasteiger partial charge in [0.2, 0.25) is 0 Å². The van der Waals surface area contributed by atoms with Crippen molar-refractivity contribution in [1.82, 2.24) is 4.90 Å². The van der Waals surface area contributed by atoms with Crippen molar-refractivity contribution in [3.05, 3.63) is 0 Å². The average Bonchev–Trinajstić information content (AvgIpc) is 2.16. The summed E-state index contributed by atoms with van der Waals surface area (Å²) in [5.41, 5.74) is 0. The number of halogens is 6. The molecular weight excluding hydrogens is 261 g/mol. The summed E-state index contributed by atoms with van der Waals surface area (Å²) in [6.45, 7) is -0.481. The summed E-state index contributed by atoms with van der Waals surface area (Å²) in [5.74, 6) is -6.87. The lowest BCUT2D eigenvalue weighted by atomic mass is 10.3. The lowest BCUT2D eigenvalue weighted by molar-refractivity contribution is -0.180. The molecule has 2 nitrogen and oxygen atoms in total. The van der Waals surface area contributed by atoms with Crippen molar-refractivity contribution in [1.29, 1.82) is 0 Å². The highest BCUT2D eigenvalue weighted by Gasteiger charge is 2.50. The Hall–Kier alpha value is -0.230. The molecule has 1 amide bonds. The predicted molar refractivity (Wildman–Crippen MR) is 49.0 cm³/mol. The van der Waals surface area contributed by atoms with Crippen LogP contribution in [0, 0.1) is 0 Å². The van der Waals surface area contributed by atoms with Crippen LogP contribution < -0.4 is 0 Å². The van der Waals surface area contributed by atoms with Crippen LogP contribution in [0.1, 0.15) is 0 Å². The molecule has 0 aliphatic rings. The van der Waals surface area contributed by atoms with Gasteiger partial charge in [-0.3, -0.25) is 4.79 Å². The fraction of sp³-hybridized carbons (Fsp3) is 0.857. The van der Waals surface area contributed by atoms with Crippen molar-refractivity contribution in [3.8, 4) is 0 Å². The van der Waals surface area contributed by atoms with Crippen LogP contribution in [0.25, 0.3) is 0 Å². The summed E-state index contributed by atoms with van der Waals surface area (Å²) in [6, 6.07) is 0. The standard InChI is InChI=1S/C7H9Cl2F4NO/c8-1-3-14(4-2-9)6(15)7(12,13)5(10)11/h5H,1-4H2. The Morgan fingerprint density at radius 1 is 1.20 bits per heavy atom. The fourth-order valence-electron chi connectivity index (χ4n) is 0.823. The number of rotatable bonds is 6. The van der Waals surface area contributed by atoms with Crippen molar-refractivity contribution >= 4 is 29.1 Å². The summed E-state index contributed by atoms with van der Waals surface area (Å²) in [6.07, 6.45) is -4.03. The minimum atomic E-state index is -4.68. The molecule has 0 radical (unpaired) electrons. The Bertz CT molecular complexity index is 209. The quantitative estimate of drug-likeness (QED) is 0.535. The molecule has 0 rings (SSSR count). The molecule has 0 atom stereocenters. The van der Waals surface area contributed by atoms with Gasteiger partial charge in [-0.25, -0.2) is 8.78 Å². The maximum absolute atomic E-state index is 12.6. The molecule has 90 valence electrons. The molecule has 0 aromatic carbocycles. The van der Waals surface area contributed by atoms with Crippen LogP contribution >= 0.6 is 23.2 Å². The van der Waals surface area contributed by atoms with Crippen molar-refractivity contribution in [2.75, 3.05) is 24.8 Å². The van der Waals surface area contributed by atoms with Gasteiger partial charge in [-0.2, -0.15) is 8.78 Å². The van der Waals surface area contributed by atoms with Crippen LogP contribution in [0.5, 0.6) is 0 Å². The molecule has 0 spiro atoms. The highest BCUT2D eigenvalue weighted by Crippen LogP contribution is 2.25. The molecule has 15 heavy (non-hydrogen) atoms. The average molecular weight is 270 g/mol. The minimum Gasteiger partial charge on any atom is -0.335 e. The number of alkyl halides is 6. The molecule has 0 heterocycles. The topological polar surface area (TPSA) is 20.3 Å². The third kappa shape index (κ3) is 4.03. The number of carbonyl (C=O) groups excluding carboxylic acids is 1. The summed E-state index contributed by atoms with van der Waals surface area (Å²) >= 11 is 10.5. The first kappa shape index (κ1) is 14.8. The highest BCUT2D eigenvalue weighted by molar-refractivity contribution is 6.18. The second-order valence-electron chi connectivity index (χ2n) is 2.59. The van der Waals surface area contributed by atoms with E-state index in [0.29, 0.717) is 4.90 Å². The first-order chi connectivity index (χ1) is 6.87. The van der Waals surface area contributed by atoms with Gasteiger partial charge in [0.05, 0.1) is 0 Å². The normalized spacial score (nSPS) is 11.9. The van der Waals surface area contributed by atoms with E-state index in [-0.39, 0.29) is 24.8 Å². The van der Waals surface area contributed by atoms with Gasteiger partial charge in [0.25, 0.3) is 5.91 Å². The summed E-state index contributed by atoms with van der Waals surface area (Å²) in [5, 5.41) is 0. The number of carbonyl (C=O) groups is 1. The lowest BCUT2D eigenvalue weighted by Gasteiger charge is -2.25. The third-order valence-electron chi connectivity index (χ3n) is 1.56. The zero-order valence-corrected chi connectivity index (χ0v) is 9.04. The molecule has 0 unspecified atom stereocenters. The van der Waals surface area contributed by atoms with Gasteiger partial charge in [-0.05, 0) is 0 Å². The predicted octanol–water partition coefficient (Wildman–Crippen LogP) is 2.19. The highest BCUT2D eigenvalue weighted by atomic mass is 35.5. The molecular formula is C7H9Cl2F4NO. The Balaban J connectivity index is 4.61. The molecule has 0 N–H and O–H groups in total. The molecule has 8 heteroatoms. The Morgan fingerprint density at radius 3 is 1.87 bits per heavy atom. The van der Waals surface area contributed by atoms with Gasteiger partial charge in [0.15, 0.2) is 0 Å². The van der Waals surface area contributed by atoms with E-state index < -0.39 is 18.3 Å². The van der Waals surface area contributed by atoms with Gasteiger partial charge in [0.1, 0.15) is 0 Å². The smallest absolute Gasteiger partial charge is 0.335 e. The Kier molecular flexibility index (Phi) is 6.28. The van der Waals surface area contributed by atoms with Crippen LogP contribution in [0.15, 0.2) is 0 Å². The van der Waals surface area contributed by atoms with Crippen LogP contribution in [-0.2, 0) is 4.79 Å².